The third kappa shape index (κ3) is 2.52. The van der Waals surface area contributed by atoms with E-state index in [4.69, 9.17) is 11.6 Å². The van der Waals surface area contributed by atoms with Gasteiger partial charge in [-0.3, -0.25) is 0 Å². The lowest BCUT2D eigenvalue weighted by molar-refractivity contribution is 0.481. The molecule has 0 aromatic rings. The lowest BCUT2D eigenvalue weighted by Gasteiger charge is -2.07. The first-order chi connectivity index (χ1) is 5.58. The molecular formula is C11H19Cl. The minimum atomic E-state index is 0.577. The van der Waals surface area contributed by atoms with Crippen molar-refractivity contribution in [2.75, 3.05) is 5.88 Å². The van der Waals surface area contributed by atoms with Gasteiger partial charge in [0.25, 0.3) is 0 Å². The van der Waals surface area contributed by atoms with Crippen molar-refractivity contribution in [3.05, 3.63) is 11.6 Å². The minimum absolute atomic E-state index is 0.577. The largest absolute Gasteiger partial charge is 0.126 e. The fourth-order valence-electron chi connectivity index (χ4n) is 1.74. The third-order valence-corrected chi connectivity index (χ3v) is 3.37. The molecule has 0 aliphatic heterocycles. The summed E-state index contributed by atoms with van der Waals surface area (Å²) in [4.78, 5) is 0. The number of halogens is 1. The quantitative estimate of drug-likeness (QED) is 0.460. The molecule has 0 spiro atoms. The van der Waals surface area contributed by atoms with Gasteiger partial charge in [-0.1, -0.05) is 18.6 Å². The van der Waals surface area contributed by atoms with Crippen molar-refractivity contribution in [1.29, 1.82) is 0 Å². The maximum absolute atomic E-state index is 5.81. The van der Waals surface area contributed by atoms with Crippen LogP contribution in [0.25, 0.3) is 0 Å². The van der Waals surface area contributed by atoms with Crippen LogP contribution in [0.2, 0.25) is 0 Å². The molecule has 1 heteroatoms. The molecule has 1 rings (SSSR count). The molecule has 12 heavy (non-hydrogen) atoms. The Morgan fingerprint density at radius 3 is 2.67 bits per heavy atom. The molecule has 1 saturated carbocycles. The molecule has 0 radical (unpaired) electrons. The standard InChI is InChI=1S/C11H19Cl/c1-9(2)5-4-6-11(3)7-10(11)8-12/h5,10H,4,6-8H2,1-3H3/t10-,11+/m0/s1. The molecular weight excluding hydrogens is 168 g/mol. The maximum atomic E-state index is 5.81. The summed E-state index contributed by atoms with van der Waals surface area (Å²) in [5.74, 6) is 1.65. The number of hydrogen-bond donors (Lipinski definition) is 0. The van der Waals surface area contributed by atoms with Gasteiger partial charge in [-0.15, -0.1) is 11.6 Å². The van der Waals surface area contributed by atoms with E-state index in [1.165, 1.54) is 24.8 Å². The van der Waals surface area contributed by atoms with E-state index in [-0.39, 0.29) is 0 Å². The molecule has 2 atom stereocenters. The second-order valence-electron chi connectivity index (χ2n) is 4.53. The van der Waals surface area contributed by atoms with Crippen LogP contribution in [0, 0.1) is 11.3 Å². The highest BCUT2D eigenvalue weighted by Crippen LogP contribution is 2.55. The van der Waals surface area contributed by atoms with Crippen LogP contribution in [-0.2, 0) is 0 Å². The minimum Gasteiger partial charge on any atom is -0.126 e. The highest BCUT2D eigenvalue weighted by molar-refractivity contribution is 6.18. The summed E-state index contributed by atoms with van der Waals surface area (Å²) in [7, 11) is 0. The number of allylic oxidation sites excluding steroid dienone is 2. The van der Waals surface area contributed by atoms with Crippen LogP contribution >= 0.6 is 11.6 Å². The highest BCUT2D eigenvalue weighted by atomic mass is 35.5. The third-order valence-electron chi connectivity index (χ3n) is 2.99. The highest BCUT2D eigenvalue weighted by Gasteiger charge is 2.47. The summed E-state index contributed by atoms with van der Waals surface area (Å²) in [6.45, 7) is 6.68. The number of alkyl halides is 1. The summed E-state index contributed by atoms with van der Waals surface area (Å²) in [5, 5.41) is 0. The van der Waals surface area contributed by atoms with Gasteiger partial charge in [0.1, 0.15) is 0 Å². The van der Waals surface area contributed by atoms with Gasteiger partial charge in [0, 0.05) is 5.88 Å². The SMILES string of the molecule is CC(C)=CCC[C@]1(C)C[C@H]1CCl. The van der Waals surface area contributed by atoms with Gasteiger partial charge in [-0.25, -0.2) is 0 Å². The zero-order valence-corrected chi connectivity index (χ0v) is 9.12. The molecule has 0 bridgehead atoms. The van der Waals surface area contributed by atoms with Gasteiger partial charge in [0.2, 0.25) is 0 Å². The Bertz CT molecular complexity index is 179. The Kier molecular flexibility index (Phi) is 3.22. The fraction of sp³-hybridized carbons (Fsp3) is 0.818. The molecule has 0 N–H and O–H groups in total. The van der Waals surface area contributed by atoms with Crippen LogP contribution < -0.4 is 0 Å². The first kappa shape index (κ1) is 10.1. The Morgan fingerprint density at radius 1 is 1.58 bits per heavy atom. The zero-order valence-electron chi connectivity index (χ0n) is 8.36. The number of rotatable bonds is 4. The van der Waals surface area contributed by atoms with Gasteiger partial charge >= 0.3 is 0 Å². The monoisotopic (exact) mass is 186 g/mol. The van der Waals surface area contributed by atoms with Crippen LogP contribution in [-0.4, -0.2) is 5.88 Å². The van der Waals surface area contributed by atoms with Crippen LogP contribution in [0.4, 0.5) is 0 Å². The molecule has 1 fully saturated rings. The molecule has 0 aromatic heterocycles. The van der Waals surface area contributed by atoms with Crippen LogP contribution in [0.1, 0.15) is 40.0 Å². The lowest BCUT2D eigenvalue weighted by atomic mass is 9.99. The topological polar surface area (TPSA) is 0 Å². The smallest absolute Gasteiger partial charge is 0.0257 e. The summed E-state index contributed by atoms with van der Waals surface area (Å²) < 4.78 is 0. The molecule has 0 saturated heterocycles. The second-order valence-corrected chi connectivity index (χ2v) is 4.84. The molecule has 0 aromatic carbocycles. The predicted molar refractivity (Wildman–Crippen MR) is 55.6 cm³/mol. The fourth-order valence-corrected chi connectivity index (χ4v) is 2.22. The van der Waals surface area contributed by atoms with Gasteiger partial charge in [0.05, 0.1) is 0 Å². The summed E-state index contributed by atoms with van der Waals surface area (Å²) in [5.41, 5.74) is 2.01. The maximum Gasteiger partial charge on any atom is 0.0257 e. The van der Waals surface area contributed by atoms with Crippen LogP contribution in [0.15, 0.2) is 11.6 Å². The van der Waals surface area contributed by atoms with Crippen molar-refractivity contribution < 1.29 is 0 Å². The Balaban J connectivity index is 2.21. The molecule has 0 nitrogen and oxygen atoms in total. The van der Waals surface area contributed by atoms with Gasteiger partial charge in [0.15, 0.2) is 0 Å². The van der Waals surface area contributed by atoms with E-state index in [9.17, 15) is 0 Å². The average Bonchev–Trinajstić information content (AvgIpc) is 2.61. The summed E-state index contributed by atoms with van der Waals surface area (Å²) in [6.07, 6.45) is 6.21. The van der Waals surface area contributed by atoms with E-state index in [0.717, 1.165) is 11.8 Å². The van der Waals surface area contributed by atoms with Crippen LogP contribution in [0.3, 0.4) is 0 Å². The van der Waals surface area contributed by atoms with Gasteiger partial charge < -0.3 is 0 Å². The first-order valence-electron chi connectivity index (χ1n) is 4.78. The average molecular weight is 187 g/mol. The summed E-state index contributed by atoms with van der Waals surface area (Å²) in [6, 6.07) is 0. The second kappa shape index (κ2) is 3.83. The predicted octanol–water partition coefficient (Wildman–Crippen LogP) is 4.00. The van der Waals surface area contributed by atoms with Crippen molar-refractivity contribution in [3.63, 3.8) is 0 Å². The van der Waals surface area contributed by atoms with Crippen molar-refractivity contribution in [3.8, 4) is 0 Å². The molecule has 0 heterocycles. The van der Waals surface area contributed by atoms with Crippen LogP contribution in [0.5, 0.6) is 0 Å². The molecule has 1 aliphatic rings. The van der Waals surface area contributed by atoms with Crippen molar-refractivity contribution in [2.45, 2.75) is 40.0 Å². The van der Waals surface area contributed by atoms with Crippen molar-refractivity contribution in [1.82, 2.24) is 0 Å². The zero-order chi connectivity index (χ0) is 9.19. The first-order valence-corrected chi connectivity index (χ1v) is 5.31. The molecule has 1 aliphatic carbocycles. The Morgan fingerprint density at radius 2 is 2.25 bits per heavy atom. The van der Waals surface area contributed by atoms with E-state index in [0.29, 0.717) is 5.41 Å². The molecule has 0 unspecified atom stereocenters. The molecule has 0 amide bonds. The Labute approximate surface area is 81.0 Å². The number of hydrogen-bond acceptors (Lipinski definition) is 0. The van der Waals surface area contributed by atoms with E-state index in [1.54, 1.807) is 0 Å². The molecule has 70 valence electrons. The van der Waals surface area contributed by atoms with E-state index in [1.807, 2.05) is 0 Å². The van der Waals surface area contributed by atoms with Gasteiger partial charge in [-0.2, -0.15) is 0 Å². The van der Waals surface area contributed by atoms with Gasteiger partial charge in [-0.05, 0) is 44.4 Å². The normalized spacial score (nSPS) is 33.2. The van der Waals surface area contributed by atoms with Crippen molar-refractivity contribution >= 4 is 11.6 Å². The summed E-state index contributed by atoms with van der Waals surface area (Å²) >= 11 is 5.81. The lowest BCUT2D eigenvalue weighted by Crippen LogP contribution is -1.98. The Hall–Kier alpha value is 0.0300. The van der Waals surface area contributed by atoms with Crippen molar-refractivity contribution in [2.24, 2.45) is 11.3 Å². The van der Waals surface area contributed by atoms with E-state index < -0.39 is 0 Å². The van der Waals surface area contributed by atoms with E-state index in [2.05, 4.69) is 26.8 Å². The van der Waals surface area contributed by atoms with E-state index >= 15 is 0 Å².